The first kappa shape index (κ1) is 19.6. The average molecular weight is 414 g/mol. The Kier molecular flexibility index (Phi) is 5.90. The summed E-state index contributed by atoms with van der Waals surface area (Å²) in [6.45, 7) is 1.98. The standard InChI is InChI=1S/C22H24ClN3O3/c23-16-8-2-3-9-17(16)24-21(27)15-26-14-20(22(28)25-12-6-1-7-13-25)29-19-11-5-4-10-18(19)26/h2-5,8-11,20H,1,6-7,12-15H2,(H,24,27)/t20-/m1/s1. The quantitative estimate of drug-likeness (QED) is 0.832. The van der Waals surface area contributed by atoms with Gasteiger partial charge in [-0.2, -0.15) is 0 Å². The zero-order valence-electron chi connectivity index (χ0n) is 16.1. The highest BCUT2D eigenvalue weighted by molar-refractivity contribution is 6.33. The van der Waals surface area contributed by atoms with Gasteiger partial charge in [0.15, 0.2) is 6.10 Å². The molecule has 29 heavy (non-hydrogen) atoms. The molecule has 2 aliphatic heterocycles. The third kappa shape index (κ3) is 4.48. The number of likely N-dealkylation sites (tertiary alicyclic amines) is 1. The van der Waals surface area contributed by atoms with E-state index in [-0.39, 0.29) is 18.4 Å². The number of nitrogens with zero attached hydrogens (tertiary/aromatic N) is 2. The van der Waals surface area contributed by atoms with Gasteiger partial charge in [-0.05, 0) is 43.5 Å². The molecule has 0 spiro atoms. The fraction of sp³-hybridized carbons (Fsp3) is 0.364. The van der Waals surface area contributed by atoms with Crippen LogP contribution in [0.2, 0.25) is 5.02 Å². The molecule has 0 aromatic heterocycles. The van der Waals surface area contributed by atoms with Gasteiger partial charge < -0.3 is 19.9 Å². The molecule has 0 saturated carbocycles. The number of hydrogen-bond donors (Lipinski definition) is 1. The van der Waals surface area contributed by atoms with E-state index in [1.807, 2.05) is 46.2 Å². The molecule has 1 fully saturated rings. The summed E-state index contributed by atoms with van der Waals surface area (Å²) in [5.41, 5.74) is 1.38. The van der Waals surface area contributed by atoms with Crippen LogP contribution in [0.25, 0.3) is 0 Å². The van der Waals surface area contributed by atoms with Gasteiger partial charge in [0.1, 0.15) is 5.75 Å². The van der Waals surface area contributed by atoms with Crippen molar-refractivity contribution < 1.29 is 14.3 Å². The summed E-state index contributed by atoms with van der Waals surface area (Å²) in [7, 11) is 0. The molecule has 2 amide bonds. The molecule has 7 heteroatoms. The lowest BCUT2D eigenvalue weighted by molar-refractivity contribution is -0.139. The second kappa shape index (κ2) is 8.74. The van der Waals surface area contributed by atoms with Crippen LogP contribution in [0.3, 0.4) is 0 Å². The number of nitrogens with one attached hydrogen (secondary N) is 1. The Labute approximate surface area is 175 Å². The molecule has 2 aliphatic rings. The number of amides is 2. The van der Waals surface area contributed by atoms with Crippen LogP contribution in [0, 0.1) is 0 Å². The predicted molar refractivity (Wildman–Crippen MR) is 114 cm³/mol. The van der Waals surface area contributed by atoms with E-state index in [4.69, 9.17) is 16.3 Å². The van der Waals surface area contributed by atoms with Crippen LogP contribution in [-0.2, 0) is 9.59 Å². The highest BCUT2D eigenvalue weighted by Gasteiger charge is 2.34. The summed E-state index contributed by atoms with van der Waals surface area (Å²) in [5.74, 6) is 0.425. The van der Waals surface area contributed by atoms with Crippen LogP contribution in [0.5, 0.6) is 5.75 Å². The SMILES string of the molecule is O=C(CN1C[C@H](C(=O)N2CCCCC2)Oc2ccccc21)Nc1ccccc1Cl. The zero-order chi connectivity index (χ0) is 20.2. The smallest absolute Gasteiger partial charge is 0.265 e. The number of benzene rings is 2. The van der Waals surface area contributed by atoms with Crippen LogP contribution in [0.4, 0.5) is 11.4 Å². The zero-order valence-corrected chi connectivity index (χ0v) is 16.9. The van der Waals surface area contributed by atoms with Gasteiger partial charge in [-0.25, -0.2) is 0 Å². The number of piperidine rings is 1. The minimum absolute atomic E-state index is 0.00397. The predicted octanol–water partition coefficient (Wildman–Crippen LogP) is 3.56. The maximum absolute atomic E-state index is 13.0. The van der Waals surface area contributed by atoms with Crippen molar-refractivity contribution in [3.63, 3.8) is 0 Å². The van der Waals surface area contributed by atoms with E-state index in [0.29, 0.717) is 23.0 Å². The van der Waals surface area contributed by atoms with Crippen molar-refractivity contribution in [3.8, 4) is 5.75 Å². The van der Waals surface area contributed by atoms with Gasteiger partial charge >= 0.3 is 0 Å². The molecular weight excluding hydrogens is 390 g/mol. The summed E-state index contributed by atoms with van der Waals surface area (Å²) in [5, 5.41) is 3.33. The van der Waals surface area contributed by atoms with Crippen molar-refractivity contribution in [3.05, 3.63) is 53.6 Å². The average Bonchev–Trinajstić information content (AvgIpc) is 2.75. The number of anilines is 2. The molecule has 1 N–H and O–H groups in total. The monoisotopic (exact) mass is 413 g/mol. The lowest BCUT2D eigenvalue weighted by atomic mass is 10.1. The van der Waals surface area contributed by atoms with Crippen molar-refractivity contribution in [1.82, 2.24) is 4.90 Å². The molecule has 2 heterocycles. The summed E-state index contributed by atoms with van der Waals surface area (Å²) < 4.78 is 6.01. The van der Waals surface area contributed by atoms with E-state index in [1.165, 1.54) is 0 Å². The highest BCUT2D eigenvalue weighted by Crippen LogP contribution is 2.33. The summed E-state index contributed by atoms with van der Waals surface area (Å²) >= 11 is 6.14. The minimum atomic E-state index is -0.615. The third-order valence-corrected chi connectivity index (χ3v) is 5.62. The summed E-state index contributed by atoms with van der Waals surface area (Å²) in [6.07, 6.45) is 2.60. The molecule has 0 bridgehead atoms. The van der Waals surface area contributed by atoms with Gasteiger partial charge in [-0.3, -0.25) is 9.59 Å². The number of ether oxygens (including phenoxy) is 1. The number of carbonyl (C=O) groups is 2. The molecular formula is C22H24ClN3O3. The van der Waals surface area contributed by atoms with Crippen molar-refractivity contribution in [2.24, 2.45) is 0 Å². The maximum atomic E-state index is 13.0. The molecule has 6 nitrogen and oxygen atoms in total. The number of carbonyl (C=O) groups excluding carboxylic acids is 2. The van der Waals surface area contributed by atoms with E-state index in [9.17, 15) is 9.59 Å². The van der Waals surface area contributed by atoms with Gasteiger partial charge in [0.2, 0.25) is 5.91 Å². The Morgan fingerprint density at radius 3 is 2.55 bits per heavy atom. The summed E-state index contributed by atoms with van der Waals surface area (Å²) in [6, 6.07) is 14.6. The largest absolute Gasteiger partial charge is 0.477 e. The number of para-hydroxylation sites is 3. The molecule has 4 rings (SSSR count). The fourth-order valence-corrected chi connectivity index (χ4v) is 4.01. The highest BCUT2D eigenvalue weighted by atomic mass is 35.5. The minimum Gasteiger partial charge on any atom is -0.477 e. The topological polar surface area (TPSA) is 61.9 Å². The van der Waals surface area contributed by atoms with Gasteiger partial charge in [-0.1, -0.05) is 35.9 Å². The molecule has 152 valence electrons. The van der Waals surface area contributed by atoms with Gasteiger partial charge in [0.25, 0.3) is 5.91 Å². The van der Waals surface area contributed by atoms with Gasteiger partial charge in [0, 0.05) is 13.1 Å². The van der Waals surface area contributed by atoms with Crippen LogP contribution in [0.15, 0.2) is 48.5 Å². The first-order valence-electron chi connectivity index (χ1n) is 9.95. The lowest BCUT2D eigenvalue weighted by Gasteiger charge is -2.38. The van der Waals surface area contributed by atoms with Crippen molar-refractivity contribution >= 4 is 34.8 Å². The maximum Gasteiger partial charge on any atom is 0.265 e. The van der Waals surface area contributed by atoms with Gasteiger partial charge in [-0.15, -0.1) is 0 Å². The Morgan fingerprint density at radius 2 is 1.76 bits per heavy atom. The number of fused-ring (bicyclic) bond motifs is 1. The van der Waals surface area contributed by atoms with Crippen LogP contribution < -0.4 is 15.0 Å². The number of halogens is 1. The lowest BCUT2D eigenvalue weighted by Crippen LogP contribution is -2.52. The number of hydrogen-bond acceptors (Lipinski definition) is 4. The van der Waals surface area contributed by atoms with Crippen LogP contribution >= 0.6 is 11.6 Å². The molecule has 1 atom stereocenters. The van der Waals surface area contributed by atoms with Crippen molar-refractivity contribution in [1.29, 1.82) is 0 Å². The van der Waals surface area contributed by atoms with E-state index >= 15 is 0 Å². The van der Waals surface area contributed by atoms with E-state index in [2.05, 4.69) is 5.32 Å². The van der Waals surface area contributed by atoms with Crippen molar-refractivity contribution in [2.75, 3.05) is 36.4 Å². The fourth-order valence-electron chi connectivity index (χ4n) is 3.83. The molecule has 0 aliphatic carbocycles. The normalized spacial score (nSPS) is 18.6. The van der Waals surface area contributed by atoms with Crippen molar-refractivity contribution in [2.45, 2.75) is 25.4 Å². The van der Waals surface area contributed by atoms with E-state index in [0.717, 1.165) is 38.0 Å². The second-order valence-electron chi connectivity index (χ2n) is 7.37. The van der Waals surface area contributed by atoms with Gasteiger partial charge in [0.05, 0.1) is 29.5 Å². The second-order valence-corrected chi connectivity index (χ2v) is 7.78. The molecule has 0 unspecified atom stereocenters. The molecule has 2 aromatic carbocycles. The Hall–Kier alpha value is -2.73. The van der Waals surface area contributed by atoms with Crippen LogP contribution in [0.1, 0.15) is 19.3 Å². The number of rotatable bonds is 4. The summed E-state index contributed by atoms with van der Waals surface area (Å²) in [4.78, 5) is 29.4. The molecule has 0 radical (unpaired) electrons. The molecule has 2 aromatic rings. The first-order chi connectivity index (χ1) is 14.1. The third-order valence-electron chi connectivity index (χ3n) is 5.29. The van der Waals surface area contributed by atoms with E-state index < -0.39 is 6.10 Å². The van der Waals surface area contributed by atoms with Crippen LogP contribution in [-0.4, -0.2) is 49.0 Å². The Morgan fingerprint density at radius 1 is 1.03 bits per heavy atom. The molecule has 1 saturated heterocycles. The van der Waals surface area contributed by atoms with E-state index in [1.54, 1.807) is 12.1 Å². The first-order valence-corrected chi connectivity index (χ1v) is 10.3. The Bertz CT molecular complexity index is 898. The Balaban J connectivity index is 1.49.